The average molecular weight is 221 g/mol. The van der Waals surface area contributed by atoms with Crippen LogP contribution >= 0.6 is 0 Å². The molecule has 0 unspecified atom stereocenters. The highest BCUT2D eigenvalue weighted by molar-refractivity contribution is 6.02. The average Bonchev–Trinajstić information content (AvgIpc) is 2.28. The van der Waals surface area contributed by atoms with E-state index in [0.717, 1.165) is 0 Å². The van der Waals surface area contributed by atoms with Crippen molar-refractivity contribution in [1.29, 1.82) is 0 Å². The van der Waals surface area contributed by atoms with Gasteiger partial charge in [0, 0.05) is 7.05 Å². The van der Waals surface area contributed by atoms with E-state index in [9.17, 15) is 9.59 Å². The summed E-state index contributed by atoms with van der Waals surface area (Å²) in [4.78, 5) is 32.1. The molecule has 7 heteroatoms. The van der Waals surface area contributed by atoms with Crippen LogP contribution in [0.25, 0.3) is 0 Å². The molecule has 16 heavy (non-hydrogen) atoms. The fourth-order valence-electron chi connectivity index (χ4n) is 1.43. The number of rotatable bonds is 2. The molecule has 0 aliphatic carbocycles. The molecule has 1 aromatic heterocycles. The van der Waals surface area contributed by atoms with Crippen molar-refractivity contribution in [2.75, 3.05) is 30.4 Å². The maximum absolute atomic E-state index is 11.2. The van der Waals surface area contributed by atoms with E-state index in [1.54, 1.807) is 18.1 Å². The summed E-state index contributed by atoms with van der Waals surface area (Å²) >= 11 is 0. The Morgan fingerprint density at radius 1 is 1.31 bits per heavy atom. The standard InChI is InChI=1S/C9H11N5O2/c1-10-6-2-11-3-7(12-6)14-4-8(15)13-9(16)5-14/h2-3H,4-5H2,1H3,(H,10,12)(H,13,15,16). The molecule has 2 rings (SSSR count). The number of carbonyl (C=O) groups excluding carboxylic acids is 2. The number of amides is 2. The van der Waals surface area contributed by atoms with Crippen LogP contribution in [0.5, 0.6) is 0 Å². The molecule has 1 aromatic rings. The van der Waals surface area contributed by atoms with Gasteiger partial charge in [-0.3, -0.25) is 19.9 Å². The zero-order valence-electron chi connectivity index (χ0n) is 8.73. The van der Waals surface area contributed by atoms with Gasteiger partial charge in [-0.1, -0.05) is 0 Å². The molecule has 0 bridgehead atoms. The van der Waals surface area contributed by atoms with Crippen LogP contribution in [0.4, 0.5) is 11.6 Å². The van der Waals surface area contributed by atoms with Crippen molar-refractivity contribution in [2.45, 2.75) is 0 Å². The second-order valence-electron chi connectivity index (χ2n) is 3.34. The molecule has 0 aromatic carbocycles. The first-order valence-electron chi connectivity index (χ1n) is 4.76. The minimum atomic E-state index is -0.326. The summed E-state index contributed by atoms with van der Waals surface area (Å²) in [6.07, 6.45) is 3.09. The second-order valence-corrected chi connectivity index (χ2v) is 3.34. The summed E-state index contributed by atoms with van der Waals surface area (Å²) in [5.74, 6) is 0.451. The van der Waals surface area contributed by atoms with Crippen LogP contribution < -0.4 is 15.5 Å². The molecule has 2 heterocycles. The lowest BCUT2D eigenvalue weighted by atomic mass is 10.3. The van der Waals surface area contributed by atoms with Gasteiger partial charge in [-0.15, -0.1) is 0 Å². The largest absolute Gasteiger partial charge is 0.372 e. The molecule has 7 nitrogen and oxygen atoms in total. The Bertz CT molecular complexity index is 418. The van der Waals surface area contributed by atoms with Crippen LogP contribution in [-0.4, -0.2) is 41.9 Å². The van der Waals surface area contributed by atoms with Gasteiger partial charge in [0.25, 0.3) is 0 Å². The zero-order chi connectivity index (χ0) is 11.5. The van der Waals surface area contributed by atoms with E-state index in [4.69, 9.17) is 0 Å². The van der Waals surface area contributed by atoms with Gasteiger partial charge in [0.15, 0.2) is 0 Å². The fraction of sp³-hybridized carbons (Fsp3) is 0.333. The van der Waals surface area contributed by atoms with Crippen LogP contribution in [0.1, 0.15) is 0 Å². The number of nitrogens with one attached hydrogen (secondary N) is 2. The number of aromatic nitrogens is 2. The predicted molar refractivity (Wildman–Crippen MR) is 56.9 cm³/mol. The number of nitrogens with zero attached hydrogens (tertiary/aromatic N) is 3. The molecule has 0 radical (unpaired) electrons. The lowest BCUT2D eigenvalue weighted by molar-refractivity contribution is -0.130. The summed E-state index contributed by atoms with van der Waals surface area (Å²) in [6.45, 7) is 0.237. The molecular weight excluding hydrogens is 210 g/mol. The van der Waals surface area contributed by atoms with Gasteiger partial charge in [-0.25, -0.2) is 4.98 Å². The maximum atomic E-state index is 11.2. The normalized spacial score (nSPS) is 15.9. The highest BCUT2D eigenvalue weighted by atomic mass is 16.2. The maximum Gasteiger partial charge on any atom is 0.246 e. The van der Waals surface area contributed by atoms with E-state index < -0.39 is 0 Å². The van der Waals surface area contributed by atoms with Gasteiger partial charge in [0.2, 0.25) is 11.8 Å². The Balaban J connectivity index is 2.22. The Morgan fingerprint density at radius 2 is 2.00 bits per heavy atom. The number of imide groups is 1. The summed E-state index contributed by atoms with van der Waals surface area (Å²) in [7, 11) is 1.72. The molecular formula is C9H11N5O2. The molecule has 1 saturated heterocycles. The minimum Gasteiger partial charge on any atom is -0.372 e. The van der Waals surface area contributed by atoms with Gasteiger partial charge >= 0.3 is 0 Å². The summed E-state index contributed by atoms with van der Waals surface area (Å²) in [5.41, 5.74) is 0. The van der Waals surface area contributed by atoms with Crippen LogP contribution in [0.15, 0.2) is 12.4 Å². The van der Waals surface area contributed by atoms with Gasteiger partial charge in [-0.05, 0) is 0 Å². The monoisotopic (exact) mass is 221 g/mol. The lowest BCUT2D eigenvalue weighted by Crippen LogP contribution is -2.51. The van der Waals surface area contributed by atoms with Crippen molar-refractivity contribution in [1.82, 2.24) is 15.3 Å². The number of piperazine rings is 1. The number of carbonyl (C=O) groups is 2. The summed E-state index contributed by atoms with van der Waals surface area (Å²) in [5, 5.41) is 5.07. The molecule has 0 saturated carbocycles. The third kappa shape index (κ3) is 2.08. The Kier molecular flexibility index (Phi) is 2.67. The second kappa shape index (κ2) is 4.13. The number of hydrogen-bond donors (Lipinski definition) is 2. The summed E-state index contributed by atoms with van der Waals surface area (Å²) < 4.78 is 0. The van der Waals surface area contributed by atoms with Gasteiger partial charge in [0.1, 0.15) is 11.6 Å². The Morgan fingerprint density at radius 3 is 2.62 bits per heavy atom. The van der Waals surface area contributed by atoms with Crippen molar-refractivity contribution in [3.05, 3.63) is 12.4 Å². The van der Waals surface area contributed by atoms with Crippen molar-refractivity contribution in [3.8, 4) is 0 Å². The number of anilines is 2. The van der Waals surface area contributed by atoms with Crippen LogP contribution in [0.2, 0.25) is 0 Å². The summed E-state index contributed by atoms with van der Waals surface area (Å²) in [6, 6.07) is 0. The minimum absolute atomic E-state index is 0.119. The van der Waals surface area contributed by atoms with Gasteiger partial charge < -0.3 is 10.2 Å². The quantitative estimate of drug-likeness (QED) is 0.622. The third-order valence-corrected chi connectivity index (χ3v) is 2.15. The SMILES string of the molecule is CNc1cncc(N2CC(=O)NC(=O)C2)n1. The molecule has 0 atom stereocenters. The van der Waals surface area contributed by atoms with E-state index in [2.05, 4.69) is 20.6 Å². The molecule has 1 aliphatic heterocycles. The topological polar surface area (TPSA) is 87.2 Å². The van der Waals surface area contributed by atoms with E-state index in [1.165, 1.54) is 6.20 Å². The Labute approximate surface area is 91.9 Å². The van der Waals surface area contributed by atoms with Crippen LogP contribution in [-0.2, 0) is 9.59 Å². The van der Waals surface area contributed by atoms with Crippen LogP contribution in [0.3, 0.4) is 0 Å². The van der Waals surface area contributed by atoms with E-state index in [1.807, 2.05) is 0 Å². The highest BCUT2D eigenvalue weighted by Gasteiger charge is 2.23. The highest BCUT2D eigenvalue weighted by Crippen LogP contribution is 2.12. The first kappa shape index (κ1) is 10.3. The van der Waals surface area contributed by atoms with E-state index >= 15 is 0 Å². The van der Waals surface area contributed by atoms with E-state index in [-0.39, 0.29) is 24.9 Å². The van der Waals surface area contributed by atoms with Crippen molar-refractivity contribution >= 4 is 23.5 Å². The predicted octanol–water partition coefficient (Wildman–Crippen LogP) is -1.02. The Hall–Kier alpha value is -2.18. The van der Waals surface area contributed by atoms with Crippen molar-refractivity contribution < 1.29 is 9.59 Å². The van der Waals surface area contributed by atoms with E-state index in [0.29, 0.717) is 11.6 Å². The molecule has 2 amide bonds. The molecule has 1 aliphatic rings. The molecule has 0 spiro atoms. The third-order valence-electron chi connectivity index (χ3n) is 2.15. The van der Waals surface area contributed by atoms with Gasteiger partial charge in [-0.2, -0.15) is 0 Å². The van der Waals surface area contributed by atoms with Crippen molar-refractivity contribution in [2.24, 2.45) is 0 Å². The number of hydrogen-bond acceptors (Lipinski definition) is 6. The van der Waals surface area contributed by atoms with Gasteiger partial charge in [0.05, 0.1) is 25.5 Å². The lowest BCUT2D eigenvalue weighted by Gasteiger charge is -2.26. The molecule has 84 valence electrons. The molecule has 1 fully saturated rings. The van der Waals surface area contributed by atoms with Crippen LogP contribution in [0, 0.1) is 0 Å². The first-order chi connectivity index (χ1) is 7.69. The molecule has 2 N–H and O–H groups in total. The fourth-order valence-corrected chi connectivity index (χ4v) is 1.43. The smallest absolute Gasteiger partial charge is 0.246 e. The first-order valence-corrected chi connectivity index (χ1v) is 4.76. The van der Waals surface area contributed by atoms with Crippen molar-refractivity contribution in [3.63, 3.8) is 0 Å². The zero-order valence-corrected chi connectivity index (χ0v) is 8.73.